The van der Waals surface area contributed by atoms with Crippen LogP contribution in [0.3, 0.4) is 0 Å². The van der Waals surface area contributed by atoms with Crippen LogP contribution < -0.4 is 9.47 Å². The van der Waals surface area contributed by atoms with Gasteiger partial charge in [-0.05, 0) is 141 Å². The van der Waals surface area contributed by atoms with E-state index >= 15 is 0 Å². The predicted molar refractivity (Wildman–Crippen MR) is 173 cm³/mol. The Morgan fingerprint density at radius 3 is 2.50 bits per heavy atom. The lowest BCUT2D eigenvalue weighted by Crippen LogP contribution is -2.41. The van der Waals surface area contributed by atoms with Gasteiger partial charge in [-0.25, -0.2) is 4.79 Å². The molecule has 4 unspecified atom stereocenters. The summed E-state index contributed by atoms with van der Waals surface area (Å²) < 4.78 is 11.4. The molecule has 0 heterocycles. The molecule has 5 nitrogen and oxygen atoms in total. The van der Waals surface area contributed by atoms with Crippen molar-refractivity contribution < 1.29 is 24.2 Å². The molecule has 3 aromatic rings. The first-order valence-corrected chi connectivity index (χ1v) is 15.8. The van der Waals surface area contributed by atoms with E-state index in [4.69, 9.17) is 9.47 Å². The number of allylic oxidation sites excluding steroid dienone is 3. The van der Waals surface area contributed by atoms with Gasteiger partial charge in [-0.3, -0.25) is 4.79 Å². The quantitative estimate of drug-likeness (QED) is 0.231. The van der Waals surface area contributed by atoms with Gasteiger partial charge >= 0.3 is 11.9 Å². The Bertz CT molecular complexity index is 1660. The molecule has 4 atom stereocenters. The molecule has 0 radical (unpaired) electrons. The van der Waals surface area contributed by atoms with E-state index in [0.29, 0.717) is 34.8 Å². The summed E-state index contributed by atoms with van der Waals surface area (Å²) in [6, 6.07) is 21.2. The Balaban J connectivity index is 1.29. The third-order valence-corrected chi connectivity index (χ3v) is 9.97. The van der Waals surface area contributed by atoms with Crippen LogP contribution in [0.25, 0.3) is 5.57 Å². The summed E-state index contributed by atoms with van der Waals surface area (Å²) in [5.74, 6) is 1.88. The van der Waals surface area contributed by atoms with E-state index in [9.17, 15) is 14.7 Å². The fourth-order valence-electron chi connectivity index (χ4n) is 8.10. The van der Waals surface area contributed by atoms with Crippen molar-refractivity contribution >= 4 is 17.5 Å². The lowest BCUT2D eigenvalue weighted by molar-refractivity contribution is -0.131. The number of benzene rings is 3. The Morgan fingerprint density at radius 1 is 1.00 bits per heavy atom. The fourth-order valence-corrected chi connectivity index (χ4v) is 8.10. The number of hydrogen-bond donors (Lipinski definition) is 1. The first kappa shape index (κ1) is 30.1. The second-order valence-electron chi connectivity index (χ2n) is 13.6. The molecule has 6 rings (SSSR count). The van der Waals surface area contributed by atoms with Crippen molar-refractivity contribution in [3.8, 4) is 11.5 Å². The van der Waals surface area contributed by atoms with Gasteiger partial charge in [0.05, 0.1) is 11.2 Å². The molecule has 3 aromatic carbocycles. The van der Waals surface area contributed by atoms with Crippen LogP contribution in [-0.4, -0.2) is 22.6 Å². The average Bonchev–Trinajstić information content (AvgIpc) is 3.33. The van der Waals surface area contributed by atoms with Crippen LogP contribution >= 0.6 is 0 Å². The topological polar surface area (TPSA) is 72.8 Å². The van der Waals surface area contributed by atoms with Gasteiger partial charge in [0.15, 0.2) is 0 Å². The number of ether oxygens (including phenoxy) is 2. The van der Waals surface area contributed by atoms with E-state index in [0.717, 1.165) is 48.8 Å². The number of aryl methyl sites for hydroxylation is 2. The first-order chi connectivity index (χ1) is 20.9. The van der Waals surface area contributed by atoms with Gasteiger partial charge in [0.1, 0.15) is 11.5 Å². The Labute approximate surface area is 260 Å². The van der Waals surface area contributed by atoms with E-state index in [-0.39, 0.29) is 17.4 Å². The smallest absolute Gasteiger partial charge is 0.343 e. The van der Waals surface area contributed by atoms with Crippen LogP contribution in [0.15, 0.2) is 84.5 Å². The molecule has 44 heavy (non-hydrogen) atoms. The molecule has 3 aliphatic carbocycles. The monoisotopic (exact) mass is 590 g/mol. The highest BCUT2D eigenvalue weighted by atomic mass is 16.5. The molecule has 0 saturated heterocycles. The lowest BCUT2D eigenvalue weighted by atomic mass is 9.53. The maximum absolute atomic E-state index is 12.7. The number of rotatable bonds is 6. The number of fused-ring (bicyclic) bond motifs is 5. The molecule has 5 heteroatoms. The minimum atomic E-state index is -1.05. The number of carbonyl (C=O) groups is 2. The maximum Gasteiger partial charge on any atom is 0.343 e. The van der Waals surface area contributed by atoms with Gasteiger partial charge in [-0.15, -0.1) is 0 Å². The Kier molecular flexibility index (Phi) is 7.87. The van der Waals surface area contributed by atoms with E-state index < -0.39 is 5.60 Å². The standard InChI is InChI=1S/C39H42O5/c1-24-11-18-36(43-25(2)40)32(21-24)33(23-38(3,4)42)35-17-16-34-31-14-12-27-22-28(44-37(41)26-9-7-6-8-10-26)13-15-29(27)30(31)19-20-39(34,35)5/h6-11,13,15,17-18,21-23,30-31,34,42H,12,14,16,19-20H2,1-5H3/b33-23-. The van der Waals surface area contributed by atoms with Crippen LogP contribution in [0, 0.1) is 24.2 Å². The van der Waals surface area contributed by atoms with Gasteiger partial charge in [0.2, 0.25) is 0 Å². The van der Waals surface area contributed by atoms with Gasteiger partial charge in [0, 0.05) is 12.5 Å². The molecule has 3 aliphatic rings. The number of carbonyl (C=O) groups excluding carboxylic acids is 2. The van der Waals surface area contributed by atoms with E-state index in [1.165, 1.54) is 23.6 Å². The second kappa shape index (κ2) is 11.5. The molecular formula is C39H42O5. The third-order valence-electron chi connectivity index (χ3n) is 9.97. The zero-order chi connectivity index (χ0) is 31.2. The average molecular weight is 591 g/mol. The summed E-state index contributed by atoms with van der Waals surface area (Å²) >= 11 is 0. The van der Waals surface area contributed by atoms with E-state index in [1.54, 1.807) is 26.0 Å². The number of esters is 2. The van der Waals surface area contributed by atoms with E-state index in [1.807, 2.05) is 49.4 Å². The van der Waals surface area contributed by atoms with Gasteiger partial charge in [-0.1, -0.05) is 48.9 Å². The summed E-state index contributed by atoms with van der Waals surface area (Å²) in [4.78, 5) is 24.7. The van der Waals surface area contributed by atoms with Crippen LogP contribution in [0.4, 0.5) is 0 Å². The summed E-state index contributed by atoms with van der Waals surface area (Å²) in [7, 11) is 0. The van der Waals surface area contributed by atoms with Crippen molar-refractivity contribution in [3.63, 3.8) is 0 Å². The van der Waals surface area contributed by atoms with Crippen LogP contribution in [-0.2, 0) is 11.2 Å². The largest absolute Gasteiger partial charge is 0.426 e. The van der Waals surface area contributed by atoms with Crippen molar-refractivity contribution in [3.05, 3.63) is 112 Å². The molecule has 0 aromatic heterocycles. The normalized spacial score (nSPS) is 24.5. The highest BCUT2D eigenvalue weighted by Gasteiger charge is 2.52. The molecular weight excluding hydrogens is 548 g/mol. The van der Waals surface area contributed by atoms with Crippen LogP contribution in [0.5, 0.6) is 11.5 Å². The summed E-state index contributed by atoms with van der Waals surface area (Å²) in [5.41, 5.74) is 6.22. The summed E-state index contributed by atoms with van der Waals surface area (Å²) in [5, 5.41) is 11.0. The van der Waals surface area contributed by atoms with Crippen molar-refractivity contribution in [2.24, 2.45) is 17.3 Å². The lowest BCUT2D eigenvalue weighted by Gasteiger charge is -2.50. The van der Waals surface area contributed by atoms with Crippen LogP contribution in [0.1, 0.15) is 91.9 Å². The Hall–Kier alpha value is -3.96. The SMILES string of the molecule is CC(=O)Oc1ccc(C)cc1/C(=C/C(C)(C)O)C1=CCC2C3CCc4cc(OC(=O)c5ccccc5)ccc4C3CCC12C. The fraction of sp³-hybridized carbons (Fsp3) is 0.385. The summed E-state index contributed by atoms with van der Waals surface area (Å²) in [6.07, 6.45) is 9.42. The zero-order valence-electron chi connectivity index (χ0n) is 26.4. The zero-order valence-corrected chi connectivity index (χ0v) is 26.4. The highest BCUT2D eigenvalue weighted by Crippen LogP contribution is 2.63. The molecule has 228 valence electrons. The number of hydrogen-bond acceptors (Lipinski definition) is 5. The minimum Gasteiger partial charge on any atom is -0.426 e. The van der Waals surface area contributed by atoms with Crippen molar-refractivity contribution in [1.82, 2.24) is 0 Å². The molecule has 0 amide bonds. The van der Waals surface area contributed by atoms with Gasteiger partial charge in [0.25, 0.3) is 0 Å². The van der Waals surface area contributed by atoms with Crippen molar-refractivity contribution in [2.75, 3.05) is 0 Å². The predicted octanol–water partition coefficient (Wildman–Crippen LogP) is 8.39. The molecule has 1 N–H and O–H groups in total. The maximum atomic E-state index is 12.7. The molecule has 0 aliphatic heterocycles. The first-order valence-electron chi connectivity index (χ1n) is 15.8. The van der Waals surface area contributed by atoms with Crippen LogP contribution in [0.2, 0.25) is 0 Å². The number of aliphatic hydroxyl groups is 1. The molecule has 0 spiro atoms. The van der Waals surface area contributed by atoms with Crippen molar-refractivity contribution in [1.29, 1.82) is 0 Å². The molecule has 1 fully saturated rings. The molecule has 0 bridgehead atoms. The Morgan fingerprint density at radius 2 is 1.77 bits per heavy atom. The minimum absolute atomic E-state index is 0.0713. The van der Waals surface area contributed by atoms with Crippen molar-refractivity contribution in [2.45, 2.75) is 78.2 Å². The second-order valence-corrected chi connectivity index (χ2v) is 13.6. The van der Waals surface area contributed by atoms with E-state index in [2.05, 4.69) is 31.2 Å². The van der Waals surface area contributed by atoms with Gasteiger partial charge in [-0.2, -0.15) is 0 Å². The highest BCUT2D eigenvalue weighted by molar-refractivity contribution is 5.91. The summed E-state index contributed by atoms with van der Waals surface area (Å²) in [6.45, 7) is 9.45. The molecule has 1 saturated carbocycles. The van der Waals surface area contributed by atoms with Gasteiger partial charge < -0.3 is 14.6 Å². The third kappa shape index (κ3) is 5.78.